The molecule has 0 aliphatic heterocycles. The van der Waals surface area contributed by atoms with Gasteiger partial charge in [-0.3, -0.25) is 0 Å². The molecule has 8 heteroatoms. The van der Waals surface area contributed by atoms with E-state index in [1.165, 1.54) is 0 Å². The number of hydrogen-bond acceptors (Lipinski definition) is 6. The van der Waals surface area contributed by atoms with Gasteiger partial charge in [0.15, 0.2) is 0 Å². The van der Waals surface area contributed by atoms with E-state index in [0.29, 0.717) is 31.2 Å². The second-order valence-corrected chi connectivity index (χ2v) is 8.51. The zero-order valence-electron chi connectivity index (χ0n) is 21.5. The smallest absolute Gasteiger partial charge is 0.415 e. The van der Waals surface area contributed by atoms with E-state index in [-0.39, 0.29) is 0 Å². The van der Waals surface area contributed by atoms with Crippen molar-refractivity contribution >= 4 is 6.09 Å². The Kier molecular flexibility index (Phi) is 8.75. The van der Waals surface area contributed by atoms with Crippen LogP contribution in [0.5, 0.6) is 17.2 Å². The highest BCUT2D eigenvalue weighted by Crippen LogP contribution is 2.19. The van der Waals surface area contributed by atoms with Crippen LogP contribution in [0.3, 0.4) is 0 Å². The lowest BCUT2D eigenvalue weighted by Crippen LogP contribution is -2.32. The molecule has 0 spiro atoms. The second kappa shape index (κ2) is 12.6. The Bertz CT molecular complexity index is 1270. The fourth-order valence-electron chi connectivity index (χ4n) is 3.77. The van der Waals surface area contributed by atoms with Crippen molar-refractivity contribution in [2.45, 2.75) is 33.2 Å². The molecular weight excluding hydrogens is 468 g/mol. The van der Waals surface area contributed by atoms with Crippen LogP contribution in [-0.4, -0.2) is 46.2 Å². The number of aryl methyl sites for hydroxylation is 2. The van der Waals surface area contributed by atoms with E-state index < -0.39 is 6.09 Å². The summed E-state index contributed by atoms with van der Waals surface area (Å²) in [6.07, 6.45) is 1.22. The van der Waals surface area contributed by atoms with Crippen molar-refractivity contribution in [3.8, 4) is 22.9 Å². The Morgan fingerprint density at radius 1 is 0.892 bits per heavy atom. The number of benzene rings is 3. The average molecular weight is 501 g/mol. The van der Waals surface area contributed by atoms with Crippen LogP contribution >= 0.6 is 0 Å². The number of carbonyl (C=O) groups is 1. The summed E-state index contributed by atoms with van der Waals surface area (Å²) in [5.41, 5.74) is 3.85. The van der Waals surface area contributed by atoms with Gasteiger partial charge in [0.2, 0.25) is 0 Å². The molecule has 8 nitrogen and oxygen atoms in total. The maximum Gasteiger partial charge on any atom is 0.415 e. The number of hydrogen-bond donors (Lipinski definition) is 0. The molecule has 0 radical (unpaired) electrons. The molecule has 4 aromatic rings. The zero-order chi connectivity index (χ0) is 26.0. The topological polar surface area (TPSA) is 78.7 Å². The first-order chi connectivity index (χ1) is 18.1. The molecule has 1 amide bonds. The summed E-state index contributed by atoms with van der Waals surface area (Å²) in [5.74, 6) is 1.98. The van der Waals surface area contributed by atoms with Crippen LogP contribution in [0.15, 0.2) is 78.9 Å². The Morgan fingerprint density at radius 3 is 2.24 bits per heavy atom. The highest BCUT2D eigenvalue weighted by Gasteiger charge is 2.15. The molecule has 37 heavy (non-hydrogen) atoms. The molecule has 0 aliphatic rings. The van der Waals surface area contributed by atoms with E-state index in [9.17, 15) is 4.79 Å². The van der Waals surface area contributed by atoms with E-state index in [1.807, 2.05) is 68.4 Å². The van der Waals surface area contributed by atoms with Crippen molar-refractivity contribution in [2.75, 3.05) is 20.3 Å². The van der Waals surface area contributed by atoms with Crippen molar-refractivity contribution < 1.29 is 19.0 Å². The van der Waals surface area contributed by atoms with Gasteiger partial charge in [-0.2, -0.15) is 15.0 Å². The summed E-state index contributed by atoms with van der Waals surface area (Å²) in [6, 6.07) is 24.6. The highest BCUT2D eigenvalue weighted by molar-refractivity contribution is 5.70. The Hall–Kier alpha value is -4.33. The standard InChI is InChI=1S/C29H32N4O4/c1-4-32(29(34)37-27-18-16-25(35-3)17-19-27)21-23-12-14-26(15-13-23)36-20-8-11-28-22(2)30-33(31-28)24-9-6-5-7-10-24/h5-7,9-10,12-19H,4,8,11,20-21H2,1-3H3. The summed E-state index contributed by atoms with van der Waals surface area (Å²) < 4.78 is 16.6. The van der Waals surface area contributed by atoms with Crippen LogP contribution in [0.1, 0.15) is 30.3 Å². The normalized spacial score (nSPS) is 10.7. The minimum Gasteiger partial charge on any atom is -0.497 e. The lowest BCUT2D eigenvalue weighted by atomic mass is 10.2. The van der Waals surface area contributed by atoms with E-state index in [0.717, 1.165) is 41.2 Å². The molecule has 0 unspecified atom stereocenters. The van der Waals surface area contributed by atoms with E-state index in [2.05, 4.69) is 10.2 Å². The van der Waals surface area contributed by atoms with Gasteiger partial charge in [-0.25, -0.2) is 4.79 Å². The minimum atomic E-state index is -0.396. The van der Waals surface area contributed by atoms with Gasteiger partial charge in [0, 0.05) is 13.1 Å². The monoisotopic (exact) mass is 500 g/mol. The summed E-state index contributed by atoms with van der Waals surface area (Å²) in [4.78, 5) is 15.9. The molecule has 1 aromatic heterocycles. The zero-order valence-corrected chi connectivity index (χ0v) is 21.5. The SMILES string of the molecule is CCN(Cc1ccc(OCCCc2nn(-c3ccccc3)nc2C)cc1)C(=O)Oc1ccc(OC)cc1. The number of ether oxygens (including phenoxy) is 3. The Labute approximate surface area is 217 Å². The molecular formula is C29H32N4O4. The van der Waals surface area contributed by atoms with Crippen LogP contribution in [0.4, 0.5) is 4.79 Å². The Morgan fingerprint density at radius 2 is 1.57 bits per heavy atom. The fourth-order valence-corrected chi connectivity index (χ4v) is 3.77. The molecule has 0 fully saturated rings. The first-order valence-electron chi connectivity index (χ1n) is 12.4. The van der Waals surface area contributed by atoms with Crippen LogP contribution < -0.4 is 14.2 Å². The summed E-state index contributed by atoms with van der Waals surface area (Å²) in [7, 11) is 1.59. The third-order valence-electron chi connectivity index (χ3n) is 5.89. The van der Waals surface area contributed by atoms with Crippen LogP contribution in [0.2, 0.25) is 0 Å². The summed E-state index contributed by atoms with van der Waals surface area (Å²) in [5, 5.41) is 9.15. The van der Waals surface area contributed by atoms with Crippen LogP contribution in [0.25, 0.3) is 5.69 Å². The fraction of sp³-hybridized carbons (Fsp3) is 0.276. The van der Waals surface area contributed by atoms with Gasteiger partial charge in [-0.1, -0.05) is 30.3 Å². The van der Waals surface area contributed by atoms with Crippen molar-refractivity contribution in [3.63, 3.8) is 0 Å². The quantitative estimate of drug-likeness (QED) is 0.249. The molecule has 0 saturated heterocycles. The second-order valence-electron chi connectivity index (χ2n) is 8.51. The predicted molar refractivity (Wildman–Crippen MR) is 141 cm³/mol. The Balaban J connectivity index is 1.23. The van der Waals surface area contributed by atoms with Crippen molar-refractivity contribution in [2.24, 2.45) is 0 Å². The van der Waals surface area contributed by atoms with Crippen LogP contribution in [-0.2, 0) is 13.0 Å². The molecule has 0 N–H and O–H groups in total. The molecule has 1 heterocycles. The third kappa shape index (κ3) is 7.10. The lowest BCUT2D eigenvalue weighted by Gasteiger charge is -2.20. The largest absolute Gasteiger partial charge is 0.497 e. The van der Waals surface area contributed by atoms with Crippen LogP contribution in [0, 0.1) is 6.92 Å². The number of amides is 1. The molecule has 0 atom stereocenters. The van der Waals surface area contributed by atoms with Gasteiger partial charge in [0.05, 0.1) is 30.8 Å². The van der Waals surface area contributed by atoms with Crippen molar-refractivity contribution in [3.05, 3.63) is 95.8 Å². The number of rotatable bonds is 11. The maximum absolute atomic E-state index is 12.6. The van der Waals surface area contributed by atoms with Crippen molar-refractivity contribution in [1.29, 1.82) is 0 Å². The molecule has 0 aliphatic carbocycles. The first-order valence-corrected chi connectivity index (χ1v) is 12.4. The maximum atomic E-state index is 12.6. The van der Waals surface area contributed by atoms with Gasteiger partial charge in [0.25, 0.3) is 0 Å². The van der Waals surface area contributed by atoms with Crippen molar-refractivity contribution in [1.82, 2.24) is 19.9 Å². The molecule has 192 valence electrons. The third-order valence-corrected chi connectivity index (χ3v) is 5.89. The minimum absolute atomic E-state index is 0.396. The number of methoxy groups -OCH3 is 1. The van der Waals surface area contributed by atoms with E-state index >= 15 is 0 Å². The summed E-state index contributed by atoms with van der Waals surface area (Å²) in [6.45, 7) is 5.45. The number of aromatic nitrogens is 3. The van der Waals surface area contributed by atoms with E-state index in [4.69, 9.17) is 14.2 Å². The van der Waals surface area contributed by atoms with Gasteiger partial charge in [-0.05, 0) is 80.8 Å². The molecule has 3 aromatic carbocycles. The molecule has 0 saturated carbocycles. The van der Waals surface area contributed by atoms with E-state index in [1.54, 1.807) is 41.1 Å². The highest BCUT2D eigenvalue weighted by atomic mass is 16.6. The first kappa shape index (κ1) is 25.8. The average Bonchev–Trinajstić information content (AvgIpc) is 3.31. The lowest BCUT2D eigenvalue weighted by molar-refractivity contribution is 0.152. The predicted octanol–water partition coefficient (Wildman–Crippen LogP) is 5.62. The van der Waals surface area contributed by atoms with Gasteiger partial charge >= 0.3 is 6.09 Å². The van der Waals surface area contributed by atoms with Gasteiger partial charge in [0.1, 0.15) is 17.2 Å². The molecule has 4 rings (SSSR count). The van der Waals surface area contributed by atoms with Gasteiger partial charge in [-0.15, -0.1) is 0 Å². The summed E-state index contributed by atoms with van der Waals surface area (Å²) >= 11 is 0. The number of nitrogens with zero attached hydrogens (tertiary/aromatic N) is 4. The van der Waals surface area contributed by atoms with Gasteiger partial charge < -0.3 is 19.1 Å². The molecule has 0 bridgehead atoms. The number of carbonyl (C=O) groups excluding carboxylic acids is 1. The number of para-hydroxylation sites is 1.